The number of aromatic nitrogens is 4. The second-order valence-corrected chi connectivity index (χ2v) is 9.05. The number of carboxylic acids is 1. The third-order valence-electron chi connectivity index (χ3n) is 6.96. The van der Waals surface area contributed by atoms with E-state index in [2.05, 4.69) is 25.6 Å². The monoisotopic (exact) mass is 446 g/mol. The normalized spacial score (nSPS) is 27.3. The Morgan fingerprint density at radius 2 is 1.88 bits per heavy atom. The molecular weight excluding hydrogens is 416 g/mol. The van der Waals surface area contributed by atoms with Crippen LogP contribution in [0.5, 0.6) is 0 Å². The van der Waals surface area contributed by atoms with Crippen LogP contribution in [0.1, 0.15) is 57.4 Å². The predicted octanol–water partition coefficient (Wildman–Crippen LogP) is 0.835. The number of nitrogens with one attached hydrogen (secondary N) is 2. The van der Waals surface area contributed by atoms with Crippen LogP contribution in [0, 0.1) is 5.41 Å². The zero-order valence-electron chi connectivity index (χ0n) is 18.1. The minimum atomic E-state index is -1.17. The maximum absolute atomic E-state index is 12.7. The van der Waals surface area contributed by atoms with Crippen LogP contribution < -0.4 is 10.6 Å². The fraction of sp³-hybridized carbons (Fsp3) is 0.667. The minimum absolute atomic E-state index is 0.0253. The van der Waals surface area contributed by atoms with Gasteiger partial charge in [0.1, 0.15) is 24.1 Å². The van der Waals surface area contributed by atoms with Gasteiger partial charge >= 0.3 is 5.97 Å². The lowest BCUT2D eigenvalue weighted by atomic mass is 9.79. The zero-order chi connectivity index (χ0) is 22.9. The van der Waals surface area contributed by atoms with Crippen LogP contribution in [0.3, 0.4) is 0 Å². The number of amides is 1. The van der Waals surface area contributed by atoms with E-state index in [-0.39, 0.29) is 18.7 Å². The lowest BCUT2D eigenvalue weighted by molar-refractivity contribution is -0.140. The van der Waals surface area contributed by atoms with Crippen molar-refractivity contribution in [3.63, 3.8) is 0 Å². The fourth-order valence-electron chi connectivity index (χ4n) is 5.36. The van der Waals surface area contributed by atoms with Gasteiger partial charge in [-0.3, -0.25) is 9.59 Å². The number of carbonyl (C=O) groups excluding carboxylic acids is 1. The summed E-state index contributed by atoms with van der Waals surface area (Å²) in [5.41, 5.74) is 0.615. The van der Waals surface area contributed by atoms with Crippen molar-refractivity contribution < 1.29 is 24.9 Å². The largest absolute Gasteiger partial charge is 0.481 e. The summed E-state index contributed by atoms with van der Waals surface area (Å²) >= 11 is 0. The number of hydrogen-bond acceptors (Lipinski definition) is 8. The number of nitrogens with zero attached hydrogens (tertiary/aromatic N) is 4. The van der Waals surface area contributed by atoms with E-state index in [0.29, 0.717) is 29.8 Å². The van der Waals surface area contributed by atoms with Crippen molar-refractivity contribution in [1.82, 2.24) is 24.8 Å². The first-order valence-electron chi connectivity index (χ1n) is 11.1. The maximum Gasteiger partial charge on any atom is 0.303 e. The molecule has 11 heteroatoms. The van der Waals surface area contributed by atoms with Crippen molar-refractivity contribution in [2.75, 3.05) is 12.4 Å². The SMILES string of the molecule is CNc1ncnc2c1ncn2[C@@H]1CC[C@@H](NC(=O)CC2(CC(=O)O)CCCC2)[C@H](O)[C@H]1O. The fourth-order valence-corrected chi connectivity index (χ4v) is 5.36. The molecule has 11 nitrogen and oxygen atoms in total. The number of hydrogen-bond donors (Lipinski definition) is 5. The molecule has 0 aromatic carbocycles. The summed E-state index contributed by atoms with van der Waals surface area (Å²) in [5, 5.41) is 36.7. The number of aliphatic hydroxyl groups is 2. The van der Waals surface area contributed by atoms with Gasteiger partial charge in [0.15, 0.2) is 11.5 Å². The number of aliphatic carboxylic acids is 1. The number of carboxylic acid groups (broad SMARTS) is 1. The molecule has 4 rings (SSSR count). The van der Waals surface area contributed by atoms with Crippen molar-refractivity contribution in [2.24, 2.45) is 5.41 Å². The molecule has 1 amide bonds. The van der Waals surface area contributed by atoms with Crippen LogP contribution in [-0.2, 0) is 9.59 Å². The first kappa shape index (κ1) is 22.4. The molecule has 2 aliphatic carbocycles. The highest BCUT2D eigenvalue weighted by Gasteiger charge is 2.42. The highest BCUT2D eigenvalue weighted by molar-refractivity contribution is 5.82. The minimum Gasteiger partial charge on any atom is -0.481 e. The molecule has 32 heavy (non-hydrogen) atoms. The van der Waals surface area contributed by atoms with Gasteiger partial charge in [-0.25, -0.2) is 15.0 Å². The van der Waals surface area contributed by atoms with E-state index in [9.17, 15) is 24.9 Å². The van der Waals surface area contributed by atoms with Crippen LogP contribution in [0.15, 0.2) is 12.7 Å². The summed E-state index contributed by atoms with van der Waals surface area (Å²) in [7, 11) is 1.74. The molecule has 0 radical (unpaired) electrons. The first-order chi connectivity index (χ1) is 15.3. The molecule has 2 fully saturated rings. The lowest BCUT2D eigenvalue weighted by Gasteiger charge is -2.39. The molecule has 174 valence electrons. The molecule has 5 N–H and O–H groups in total. The summed E-state index contributed by atoms with van der Waals surface area (Å²) in [5.74, 6) is -0.595. The number of carbonyl (C=O) groups is 2. The second-order valence-electron chi connectivity index (χ2n) is 9.05. The van der Waals surface area contributed by atoms with Crippen LogP contribution in [0.2, 0.25) is 0 Å². The highest BCUT2D eigenvalue weighted by Crippen LogP contribution is 2.44. The van der Waals surface area contributed by atoms with Crippen LogP contribution in [0.4, 0.5) is 5.82 Å². The van der Waals surface area contributed by atoms with Gasteiger partial charge in [0, 0.05) is 13.5 Å². The molecule has 2 aliphatic rings. The molecule has 4 atom stereocenters. The number of aliphatic hydroxyl groups excluding tert-OH is 2. The molecule has 2 aromatic heterocycles. The van der Waals surface area contributed by atoms with E-state index in [1.807, 2.05) is 0 Å². The van der Waals surface area contributed by atoms with Gasteiger partial charge in [-0.1, -0.05) is 12.8 Å². The summed E-state index contributed by atoms with van der Waals surface area (Å²) in [6, 6.07) is -1.05. The number of fused-ring (bicyclic) bond motifs is 1. The Kier molecular flexibility index (Phi) is 6.29. The van der Waals surface area contributed by atoms with E-state index in [4.69, 9.17) is 0 Å². The van der Waals surface area contributed by atoms with Gasteiger partial charge in [0.25, 0.3) is 0 Å². The zero-order valence-corrected chi connectivity index (χ0v) is 18.1. The maximum atomic E-state index is 12.7. The summed E-state index contributed by atoms with van der Waals surface area (Å²) in [4.78, 5) is 36.8. The average molecular weight is 447 g/mol. The molecule has 2 aromatic rings. The molecule has 0 aliphatic heterocycles. The average Bonchev–Trinajstić information content (AvgIpc) is 3.38. The second kappa shape index (κ2) is 8.99. The topological polar surface area (TPSA) is 162 Å². The van der Waals surface area contributed by atoms with Gasteiger partial charge in [-0.2, -0.15) is 0 Å². The van der Waals surface area contributed by atoms with Crippen LogP contribution >= 0.6 is 0 Å². The summed E-state index contributed by atoms with van der Waals surface area (Å²) in [6.45, 7) is 0. The Hall–Kier alpha value is -2.79. The predicted molar refractivity (Wildman–Crippen MR) is 115 cm³/mol. The van der Waals surface area contributed by atoms with Gasteiger partial charge in [0.2, 0.25) is 5.91 Å². The standard InChI is InChI=1S/C21H30N6O5/c1-22-19-16-20(24-10-23-19)27(11-25-16)13-5-4-12(17(31)18(13)32)26-14(28)8-21(9-15(29)30)6-2-3-7-21/h10-13,17-18,31-32H,2-9H2,1H3,(H,26,28)(H,29,30)(H,22,23,24)/t12-,13-,17+,18+/m1/s1. The number of anilines is 1. The molecule has 0 unspecified atom stereocenters. The molecule has 0 saturated heterocycles. The van der Waals surface area contributed by atoms with E-state index in [1.165, 1.54) is 6.33 Å². The quantitative estimate of drug-likeness (QED) is 0.415. The third kappa shape index (κ3) is 4.26. The van der Waals surface area contributed by atoms with Gasteiger partial charge in [-0.05, 0) is 31.1 Å². The van der Waals surface area contributed by atoms with E-state index >= 15 is 0 Å². The summed E-state index contributed by atoms with van der Waals surface area (Å²) < 4.78 is 1.74. The van der Waals surface area contributed by atoms with Crippen molar-refractivity contribution in [1.29, 1.82) is 0 Å². The Morgan fingerprint density at radius 3 is 2.56 bits per heavy atom. The van der Waals surface area contributed by atoms with Crippen LogP contribution in [-0.4, -0.2) is 72.0 Å². The van der Waals surface area contributed by atoms with Gasteiger partial charge in [0.05, 0.1) is 24.8 Å². The highest BCUT2D eigenvalue weighted by atomic mass is 16.4. The number of imidazole rings is 1. The Balaban J connectivity index is 1.43. The number of rotatable bonds is 7. The van der Waals surface area contributed by atoms with Crippen molar-refractivity contribution in [2.45, 2.75) is 75.7 Å². The van der Waals surface area contributed by atoms with E-state index in [0.717, 1.165) is 25.7 Å². The van der Waals surface area contributed by atoms with E-state index in [1.54, 1.807) is 17.9 Å². The van der Waals surface area contributed by atoms with Crippen molar-refractivity contribution in [3.05, 3.63) is 12.7 Å². The Morgan fingerprint density at radius 1 is 1.12 bits per heavy atom. The summed E-state index contributed by atoms with van der Waals surface area (Å²) in [6.07, 6.45) is 5.04. The molecule has 0 spiro atoms. The van der Waals surface area contributed by atoms with Gasteiger partial charge in [-0.15, -0.1) is 0 Å². The molecule has 2 saturated carbocycles. The lowest BCUT2D eigenvalue weighted by Crippen LogP contribution is -2.54. The van der Waals surface area contributed by atoms with Crippen molar-refractivity contribution in [3.8, 4) is 0 Å². The van der Waals surface area contributed by atoms with Crippen LogP contribution in [0.25, 0.3) is 11.2 Å². The molecular formula is C21H30N6O5. The third-order valence-corrected chi connectivity index (χ3v) is 6.96. The van der Waals surface area contributed by atoms with E-state index < -0.39 is 35.7 Å². The molecule has 2 heterocycles. The Bertz CT molecular complexity index is 988. The Labute approximate surface area is 185 Å². The van der Waals surface area contributed by atoms with Gasteiger partial charge < -0.3 is 30.5 Å². The molecule has 0 bridgehead atoms. The smallest absolute Gasteiger partial charge is 0.303 e. The van der Waals surface area contributed by atoms with Crippen molar-refractivity contribution >= 4 is 28.9 Å². The first-order valence-corrected chi connectivity index (χ1v) is 11.1.